The van der Waals surface area contributed by atoms with Gasteiger partial charge >= 0.3 is 0 Å². The maximum Gasteiger partial charge on any atom is 0.240 e. The highest BCUT2D eigenvalue weighted by Crippen LogP contribution is 2.17. The van der Waals surface area contributed by atoms with E-state index in [1.165, 1.54) is 12.1 Å². The number of nitrogens with zero attached hydrogens (tertiary/aromatic N) is 2. The van der Waals surface area contributed by atoms with Crippen molar-refractivity contribution >= 4 is 27.0 Å². The minimum atomic E-state index is -3.71. The first-order chi connectivity index (χ1) is 14.4. The third-order valence-corrected chi connectivity index (χ3v) is 6.84. The number of H-pyrrole nitrogens is 1. The number of hydrogen-bond acceptors (Lipinski definition) is 4. The maximum absolute atomic E-state index is 13.0. The molecular weight excluding hydrogens is 407 g/mol. The number of rotatable bonds is 6. The molecule has 0 spiro atoms. The van der Waals surface area contributed by atoms with Gasteiger partial charge < -0.3 is 9.88 Å². The molecular formula is C21H23FN4O3S. The Morgan fingerprint density at radius 3 is 2.53 bits per heavy atom. The SMILES string of the molecule is O=C(CCc1nc2ccccc2[nH]1)N1CCC(NS(=O)(=O)c2ccc(F)cc2)CC1. The van der Waals surface area contributed by atoms with Crippen molar-refractivity contribution in [2.75, 3.05) is 13.1 Å². The van der Waals surface area contributed by atoms with Gasteiger partial charge in [-0.3, -0.25) is 4.79 Å². The summed E-state index contributed by atoms with van der Waals surface area (Å²) in [6.45, 7) is 0.991. The first-order valence-electron chi connectivity index (χ1n) is 9.90. The second-order valence-electron chi connectivity index (χ2n) is 7.43. The zero-order chi connectivity index (χ0) is 21.1. The maximum atomic E-state index is 13.0. The van der Waals surface area contributed by atoms with Crippen LogP contribution in [-0.2, 0) is 21.2 Å². The largest absolute Gasteiger partial charge is 0.343 e. The van der Waals surface area contributed by atoms with E-state index in [0.29, 0.717) is 38.8 Å². The van der Waals surface area contributed by atoms with Gasteiger partial charge in [0.1, 0.15) is 11.6 Å². The quantitative estimate of drug-likeness (QED) is 0.628. The van der Waals surface area contributed by atoms with Crippen LogP contribution in [0.15, 0.2) is 53.4 Å². The number of aryl methyl sites for hydroxylation is 1. The Balaban J connectivity index is 1.27. The van der Waals surface area contributed by atoms with Crippen LogP contribution in [0.3, 0.4) is 0 Å². The Bertz CT molecular complexity index is 1100. The lowest BCUT2D eigenvalue weighted by molar-refractivity contribution is -0.132. The zero-order valence-electron chi connectivity index (χ0n) is 16.3. The molecule has 158 valence electrons. The first kappa shape index (κ1) is 20.5. The summed E-state index contributed by atoms with van der Waals surface area (Å²) in [5.74, 6) is 0.338. The number of carbonyl (C=O) groups is 1. The van der Waals surface area contributed by atoms with E-state index >= 15 is 0 Å². The molecule has 3 aromatic rings. The monoisotopic (exact) mass is 430 g/mol. The van der Waals surface area contributed by atoms with Crippen molar-refractivity contribution in [1.82, 2.24) is 19.6 Å². The molecule has 1 aliphatic heterocycles. The highest BCUT2D eigenvalue weighted by atomic mass is 32.2. The second-order valence-corrected chi connectivity index (χ2v) is 9.14. The highest BCUT2D eigenvalue weighted by Gasteiger charge is 2.26. The number of aromatic amines is 1. The second kappa shape index (κ2) is 8.53. The van der Waals surface area contributed by atoms with Crippen LogP contribution < -0.4 is 4.72 Å². The molecule has 0 aliphatic carbocycles. The van der Waals surface area contributed by atoms with Gasteiger partial charge in [0.15, 0.2) is 0 Å². The summed E-state index contributed by atoms with van der Waals surface area (Å²) in [4.78, 5) is 22.1. The van der Waals surface area contributed by atoms with Gasteiger partial charge in [-0.1, -0.05) is 12.1 Å². The van der Waals surface area contributed by atoms with E-state index in [1.807, 2.05) is 24.3 Å². The number of para-hydroxylation sites is 2. The number of carbonyl (C=O) groups excluding carboxylic acids is 1. The van der Waals surface area contributed by atoms with Crippen LogP contribution in [0.5, 0.6) is 0 Å². The van der Waals surface area contributed by atoms with Gasteiger partial charge in [-0.05, 0) is 49.2 Å². The molecule has 0 saturated carbocycles. The predicted octanol–water partition coefficient (Wildman–Crippen LogP) is 2.60. The summed E-state index contributed by atoms with van der Waals surface area (Å²) in [6, 6.07) is 12.2. The van der Waals surface area contributed by atoms with Crippen molar-refractivity contribution in [2.45, 2.75) is 36.6 Å². The molecule has 2 aromatic carbocycles. The lowest BCUT2D eigenvalue weighted by Crippen LogP contribution is -2.46. The third kappa shape index (κ3) is 4.68. The van der Waals surface area contributed by atoms with Gasteiger partial charge in [0, 0.05) is 32.0 Å². The Hall–Kier alpha value is -2.78. The zero-order valence-corrected chi connectivity index (χ0v) is 17.2. The van der Waals surface area contributed by atoms with Crippen LogP contribution in [0.2, 0.25) is 0 Å². The van der Waals surface area contributed by atoms with Crippen LogP contribution in [0.4, 0.5) is 4.39 Å². The number of nitrogens with one attached hydrogen (secondary N) is 2. The fourth-order valence-corrected chi connectivity index (χ4v) is 4.96. The number of amides is 1. The third-order valence-electron chi connectivity index (χ3n) is 5.31. The number of halogens is 1. The number of likely N-dealkylation sites (tertiary alicyclic amines) is 1. The lowest BCUT2D eigenvalue weighted by Gasteiger charge is -2.32. The summed E-state index contributed by atoms with van der Waals surface area (Å²) in [5.41, 5.74) is 1.84. The average Bonchev–Trinajstić information content (AvgIpc) is 3.16. The number of hydrogen-bond donors (Lipinski definition) is 2. The molecule has 1 amide bonds. The number of piperidine rings is 1. The highest BCUT2D eigenvalue weighted by molar-refractivity contribution is 7.89. The molecule has 4 rings (SSSR count). The Morgan fingerprint density at radius 2 is 1.83 bits per heavy atom. The number of aromatic nitrogens is 2. The van der Waals surface area contributed by atoms with E-state index in [-0.39, 0.29) is 16.8 Å². The fraction of sp³-hybridized carbons (Fsp3) is 0.333. The van der Waals surface area contributed by atoms with E-state index < -0.39 is 15.8 Å². The Kier molecular flexibility index (Phi) is 5.83. The van der Waals surface area contributed by atoms with E-state index in [9.17, 15) is 17.6 Å². The summed E-state index contributed by atoms with van der Waals surface area (Å²) in [5, 5.41) is 0. The predicted molar refractivity (Wildman–Crippen MR) is 111 cm³/mol. The van der Waals surface area contributed by atoms with Gasteiger partial charge in [0.2, 0.25) is 15.9 Å². The molecule has 1 aromatic heterocycles. The molecule has 2 heterocycles. The molecule has 1 aliphatic rings. The van der Waals surface area contributed by atoms with E-state index in [0.717, 1.165) is 29.0 Å². The summed E-state index contributed by atoms with van der Waals surface area (Å²) in [6.07, 6.45) is 1.96. The minimum absolute atomic E-state index is 0.0354. The average molecular weight is 431 g/mol. The molecule has 2 N–H and O–H groups in total. The van der Waals surface area contributed by atoms with Gasteiger partial charge in [-0.15, -0.1) is 0 Å². The van der Waals surface area contributed by atoms with Crippen LogP contribution in [0.25, 0.3) is 11.0 Å². The smallest absolute Gasteiger partial charge is 0.240 e. The number of sulfonamides is 1. The fourth-order valence-electron chi connectivity index (χ4n) is 3.66. The van der Waals surface area contributed by atoms with Crippen molar-refractivity contribution in [2.24, 2.45) is 0 Å². The van der Waals surface area contributed by atoms with Crippen molar-refractivity contribution in [3.63, 3.8) is 0 Å². The standard InChI is InChI=1S/C21H23FN4O3S/c22-15-5-7-17(8-6-15)30(28,29)25-16-11-13-26(14-12-16)21(27)10-9-20-23-18-3-1-2-4-19(18)24-20/h1-8,16,25H,9-14H2,(H,23,24). The van der Waals surface area contributed by atoms with Crippen LogP contribution >= 0.6 is 0 Å². The van der Waals surface area contributed by atoms with Crippen molar-refractivity contribution in [3.05, 3.63) is 60.2 Å². The van der Waals surface area contributed by atoms with Crippen molar-refractivity contribution in [3.8, 4) is 0 Å². The van der Waals surface area contributed by atoms with Gasteiger partial charge in [-0.2, -0.15) is 0 Å². The minimum Gasteiger partial charge on any atom is -0.343 e. The molecule has 0 unspecified atom stereocenters. The number of imidazole rings is 1. The number of benzene rings is 2. The van der Waals surface area contributed by atoms with Crippen molar-refractivity contribution in [1.29, 1.82) is 0 Å². The van der Waals surface area contributed by atoms with Gasteiger partial charge in [0.25, 0.3) is 0 Å². The summed E-state index contributed by atoms with van der Waals surface area (Å²) in [7, 11) is -3.71. The van der Waals surface area contributed by atoms with E-state index in [1.54, 1.807) is 4.90 Å². The Morgan fingerprint density at radius 1 is 1.13 bits per heavy atom. The molecule has 7 nitrogen and oxygen atoms in total. The molecule has 30 heavy (non-hydrogen) atoms. The summed E-state index contributed by atoms with van der Waals surface area (Å²) >= 11 is 0. The number of fused-ring (bicyclic) bond motifs is 1. The molecule has 1 saturated heterocycles. The van der Waals surface area contributed by atoms with E-state index in [4.69, 9.17) is 0 Å². The van der Waals surface area contributed by atoms with Crippen molar-refractivity contribution < 1.29 is 17.6 Å². The van der Waals surface area contributed by atoms with Crippen LogP contribution in [0.1, 0.15) is 25.1 Å². The van der Waals surface area contributed by atoms with Gasteiger partial charge in [-0.25, -0.2) is 22.5 Å². The summed E-state index contributed by atoms with van der Waals surface area (Å²) < 4.78 is 40.6. The van der Waals surface area contributed by atoms with E-state index in [2.05, 4.69) is 14.7 Å². The molecule has 0 bridgehead atoms. The van der Waals surface area contributed by atoms with Crippen LogP contribution in [0, 0.1) is 5.82 Å². The lowest BCUT2D eigenvalue weighted by atomic mass is 10.1. The molecule has 0 radical (unpaired) electrons. The van der Waals surface area contributed by atoms with Gasteiger partial charge in [0.05, 0.1) is 15.9 Å². The topological polar surface area (TPSA) is 95.2 Å². The van der Waals surface area contributed by atoms with Crippen LogP contribution in [-0.4, -0.2) is 48.3 Å². The molecule has 9 heteroatoms. The normalized spacial score (nSPS) is 15.6. The Labute approximate surface area is 174 Å². The first-order valence-corrected chi connectivity index (χ1v) is 11.4. The molecule has 1 fully saturated rings. The molecule has 0 atom stereocenters.